The molecule has 0 aliphatic heterocycles. The first kappa shape index (κ1) is 12.3. The van der Waals surface area contributed by atoms with Crippen LogP contribution in [-0.4, -0.2) is 25.0 Å². The second-order valence-corrected chi connectivity index (χ2v) is 4.84. The molecule has 2 unspecified atom stereocenters. The Morgan fingerprint density at radius 2 is 2.07 bits per heavy atom. The summed E-state index contributed by atoms with van der Waals surface area (Å²) < 4.78 is 0. The summed E-state index contributed by atoms with van der Waals surface area (Å²) in [5.74, 6) is 0.757. The molecule has 0 fully saturated rings. The van der Waals surface area contributed by atoms with E-state index in [4.69, 9.17) is 0 Å². The Balaban J connectivity index is 2.71. The highest BCUT2D eigenvalue weighted by Crippen LogP contribution is 2.20. The summed E-state index contributed by atoms with van der Waals surface area (Å²) in [6.07, 6.45) is 12.1. The molecule has 1 rings (SSSR count). The van der Waals surface area contributed by atoms with Gasteiger partial charge in [0.1, 0.15) is 0 Å². The van der Waals surface area contributed by atoms with Crippen LogP contribution in [0.1, 0.15) is 26.2 Å². The molecule has 1 aliphatic rings. The molecule has 0 saturated carbocycles. The molecule has 0 saturated heterocycles. The summed E-state index contributed by atoms with van der Waals surface area (Å²) in [5.41, 5.74) is 1.23. The van der Waals surface area contributed by atoms with Crippen LogP contribution in [0.2, 0.25) is 0 Å². The third-order valence-corrected chi connectivity index (χ3v) is 3.02. The van der Waals surface area contributed by atoms with Crippen LogP contribution >= 0.6 is 0 Å². The van der Waals surface area contributed by atoms with E-state index in [2.05, 4.69) is 56.8 Å². The Morgan fingerprint density at radius 1 is 1.33 bits per heavy atom. The number of nitrogens with zero attached hydrogens (tertiary/aromatic N) is 1. The van der Waals surface area contributed by atoms with Crippen LogP contribution in [0, 0.1) is 5.92 Å². The monoisotopic (exact) mass is 205 g/mol. The summed E-state index contributed by atoms with van der Waals surface area (Å²) in [6.45, 7) is 6.43. The van der Waals surface area contributed by atoms with E-state index in [1.807, 2.05) is 0 Å². The summed E-state index contributed by atoms with van der Waals surface area (Å²) in [4.78, 5) is 2.32. The molecule has 0 radical (unpaired) electrons. The highest BCUT2D eigenvalue weighted by Gasteiger charge is 2.15. The minimum Gasteiger partial charge on any atom is -0.306 e. The average Bonchev–Trinajstić information content (AvgIpc) is 2.16. The third kappa shape index (κ3) is 4.48. The van der Waals surface area contributed by atoms with E-state index in [-0.39, 0.29) is 0 Å². The van der Waals surface area contributed by atoms with Crippen molar-refractivity contribution < 1.29 is 0 Å². The van der Waals surface area contributed by atoms with Crippen molar-refractivity contribution in [3.8, 4) is 0 Å². The molecular weight excluding hydrogens is 182 g/mol. The van der Waals surface area contributed by atoms with Gasteiger partial charge < -0.3 is 4.90 Å². The highest BCUT2D eigenvalue weighted by atomic mass is 15.1. The van der Waals surface area contributed by atoms with Crippen LogP contribution in [-0.2, 0) is 0 Å². The quantitative estimate of drug-likeness (QED) is 0.634. The van der Waals surface area contributed by atoms with E-state index >= 15 is 0 Å². The van der Waals surface area contributed by atoms with Gasteiger partial charge in [0.05, 0.1) is 0 Å². The lowest BCUT2D eigenvalue weighted by atomic mass is 9.92. The van der Waals surface area contributed by atoms with Crippen LogP contribution in [0.15, 0.2) is 36.5 Å². The van der Waals surface area contributed by atoms with Gasteiger partial charge in [0.15, 0.2) is 0 Å². The normalized spacial score (nSPS) is 32.7. The largest absolute Gasteiger partial charge is 0.306 e. The summed E-state index contributed by atoms with van der Waals surface area (Å²) in [5, 5.41) is 0. The topological polar surface area (TPSA) is 3.24 Å². The van der Waals surface area contributed by atoms with Gasteiger partial charge in [-0.2, -0.15) is 0 Å². The van der Waals surface area contributed by atoms with Crippen molar-refractivity contribution in [2.24, 2.45) is 5.92 Å². The molecule has 0 heterocycles. The minimum absolute atomic E-state index is 0.628. The Kier molecular flexibility index (Phi) is 4.83. The maximum absolute atomic E-state index is 4.10. The smallest absolute Gasteiger partial charge is 0.0132 e. The molecule has 0 amide bonds. The lowest BCUT2D eigenvalue weighted by molar-refractivity contribution is 0.249. The Hall–Kier alpha value is -0.820. The van der Waals surface area contributed by atoms with Crippen molar-refractivity contribution in [3.05, 3.63) is 36.5 Å². The molecular formula is C14H23N. The number of hydrogen-bond donors (Lipinski definition) is 0. The van der Waals surface area contributed by atoms with Crippen LogP contribution in [0.3, 0.4) is 0 Å². The van der Waals surface area contributed by atoms with E-state index in [0.29, 0.717) is 6.04 Å². The van der Waals surface area contributed by atoms with Crippen LogP contribution in [0.25, 0.3) is 0 Å². The molecule has 0 aromatic rings. The lowest BCUT2D eigenvalue weighted by Crippen LogP contribution is -2.30. The Bertz CT molecular complexity index is 261. The highest BCUT2D eigenvalue weighted by molar-refractivity contribution is 5.20. The first-order chi connectivity index (χ1) is 7.09. The Morgan fingerprint density at radius 3 is 2.73 bits per heavy atom. The molecule has 1 heteroatoms. The van der Waals surface area contributed by atoms with Crippen LogP contribution in [0.4, 0.5) is 0 Å². The molecule has 0 aromatic carbocycles. The van der Waals surface area contributed by atoms with E-state index < -0.39 is 0 Å². The van der Waals surface area contributed by atoms with Gasteiger partial charge in [0.25, 0.3) is 0 Å². The first-order valence-electron chi connectivity index (χ1n) is 5.77. The Labute approximate surface area is 94.2 Å². The van der Waals surface area contributed by atoms with Crippen molar-refractivity contribution >= 4 is 0 Å². The van der Waals surface area contributed by atoms with Gasteiger partial charge in [0, 0.05) is 6.04 Å². The first-order valence-corrected chi connectivity index (χ1v) is 5.77. The molecule has 0 spiro atoms. The van der Waals surface area contributed by atoms with Gasteiger partial charge in [-0.05, 0) is 39.3 Å². The van der Waals surface area contributed by atoms with E-state index in [1.165, 1.54) is 18.4 Å². The fourth-order valence-corrected chi connectivity index (χ4v) is 1.99. The van der Waals surface area contributed by atoms with Gasteiger partial charge in [0.2, 0.25) is 0 Å². The zero-order chi connectivity index (χ0) is 11.3. The summed E-state index contributed by atoms with van der Waals surface area (Å²) in [6, 6.07) is 0.628. The molecule has 0 aromatic heterocycles. The predicted molar refractivity (Wildman–Crippen MR) is 67.9 cm³/mol. The van der Waals surface area contributed by atoms with Crippen LogP contribution < -0.4 is 0 Å². The molecule has 1 nitrogen and oxygen atoms in total. The van der Waals surface area contributed by atoms with Crippen molar-refractivity contribution in [2.45, 2.75) is 32.2 Å². The van der Waals surface area contributed by atoms with E-state index in [0.717, 1.165) is 12.3 Å². The molecule has 84 valence electrons. The van der Waals surface area contributed by atoms with Gasteiger partial charge in [-0.25, -0.2) is 0 Å². The zero-order valence-electron chi connectivity index (χ0n) is 10.2. The van der Waals surface area contributed by atoms with Gasteiger partial charge >= 0.3 is 0 Å². The molecule has 2 atom stereocenters. The van der Waals surface area contributed by atoms with E-state index in [9.17, 15) is 0 Å². The van der Waals surface area contributed by atoms with Crippen molar-refractivity contribution in [2.75, 3.05) is 14.1 Å². The van der Waals surface area contributed by atoms with Crippen LogP contribution in [0.5, 0.6) is 0 Å². The number of hydrogen-bond acceptors (Lipinski definition) is 1. The lowest BCUT2D eigenvalue weighted by Gasteiger charge is -2.27. The van der Waals surface area contributed by atoms with Gasteiger partial charge in [-0.15, -0.1) is 0 Å². The van der Waals surface area contributed by atoms with Gasteiger partial charge in [-0.1, -0.05) is 43.4 Å². The fourth-order valence-electron chi connectivity index (χ4n) is 1.99. The predicted octanol–water partition coefficient (Wildman–Crippen LogP) is 3.41. The summed E-state index contributed by atoms with van der Waals surface area (Å²) in [7, 11) is 4.33. The van der Waals surface area contributed by atoms with Crippen molar-refractivity contribution in [1.82, 2.24) is 4.90 Å². The van der Waals surface area contributed by atoms with Gasteiger partial charge in [-0.3, -0.25) is 0 Å². The summed E-state index contributed by atoms with van der Waals surface area (Å²) >= 11 is 0. The SMILES string of the molecule is C=C1/C=C\C=C/CC(C)CC(N(C)C)C1. The molecule has 15 heavy (non-hydrogen) atoms. The van der Waals surface area contributed by atoms with Crippen molar-refractivity contribution in [3.63, 3.8) is 0 Å². The third-order valence-electron chi connectivity index (χ3n) is 3.02. The average molecular weight is 205 g/mol. The fraction of sp³-hybridized carbons (Fsp3) is 0.571. The number of allylic oxidation sites excluding steroid dienone is 4. The minimum atomic E-state index is 0.628. The maximum atomic E-state index is 4.10. The zero-order valence-corrected chi connectivity index (χ0v) is 10.2. The van der Waals surface area contributed by atoms with Crippen molar-refractivity contribution in [1.29, 1.82) is 0 Å². The second kappa shape index (κ2) is 5.92. The molecule has 0 bridgehead atoms. The maximum Gasteiger partial charge on any atom is 0.0132 e. The standard InChI is InChI=1S/C14H23N/c1-12-8-6-5-7-9-13(2)11-14(10-12)15(3)4/h5-8,13-14H,1,9-11H2,2-4H3/b7-5-,8-6-. The molecule has 0 N–H and O–H groups in total. The molecule has 1 aliphatic carbocycles. The second-order valence-electron chi connectivity index (χ2n) is 4.84. The number of rotatable bonds is 1. The van der Waals surface area contributed by atoms with E-state index in [1.54, 1.807) is 0 Å².